The molecule has 204 valence electrons. The smallest absolute Gasteiger partial charge is 0.407 e. The zero-order valence-electron chi connectivity index (χ0n) is 21.3. The zero-order valence-corrected chi connectivity index (χ0v) is 21.3. The van der Waals surface area contributed by atoms with Crippen molar-refractivity contribution in [2.75, 3.05) is 24.6 Å². The number of fused-ring (bicyclic) bond motifs is 1. The minimum absolute atomic E-state index is 0.0348. The van der Waals surface area contributed by atoms with Crippen LogP contribution in [-0.4, -0.2) is 64.8 Å². The Bertz CT molecular complexity index is 1210. The monoisotopic (exact) mass is 531 g/mol. The van der Waals surface area contributed by atoms with Gasteiger partial charge in [-0.2, -0.15) is 0 Å². The van der Waals surface area contributed by atoms with Crippen LogP contribution in [0.5, 0.6) is 0 Å². The third kappa shape index (κ3) is 5.91. The number of nitrogens with zero attached hydrogens (tertiary/aromatic N) is 2. The van der Waals surface area contributed by atoms with Crippen molar-refractivity contribution in [3.63, 3.8) is 0 Å². The van der Waals surface area contributed by atoms with Gasteiger partial charge in [-0.05, 0) is 41.3 Å². The molecule has 1 aliphatic rings. The molecule has 0 spiro atoms. The van der Waals surface area contributed by atoms with Crippen molar-refractivity contribution in [2.45, 2.75) is 44.9 Å². The fraction of sp³-hybridized carbons (Fsp3) is 0.385. The minimum atomic E-state index is -1.31. The van der Waals surface area contributed by atoms with Crippen LogP contribution >= 0.6 is 0 Å². The number of amides is 3. The molecule has 0 unspecified atom stereocenters. The lowest BCUT2D eigenvalue weighted by Crippen LogP contribution is -2.54. The third-order valence-corrected chi connectivity index (χ3v) is 6.84. The van der Waals surface area contributed by atoms with E-state index in [1.165, 1.54) is 18.0 Å². The predicted molar refractivity (Wildman–Crippen MR) is 136 cm³/mol. The van der Waals surface area contributed by atoms with E-state index in [9.17, 15) is 33.1 Å². The summed E-state index contributed by atoms with van der Waals surface area (Å²) < 4.78 is 28.6. The van der Waals surface area contributed by atoms with Gasteiger partial charge in [-0.3, -0.25) is 9.59 Å². The molecule has 5 N–H and O–H groups in total. The molecule has 4 atom stereocenters. The van der Waals surface area contributed by atoms with Crippen LogP contribution in [0.3, 0.4) is 0 Å². The fourth-order valence-corrected chi connectivity index (χ4v) is 4.36. The van der Waals surface area contributed by atoms with Crippen molar-refractivity contribution in [2.24, 2.45) is 5.92 Å². The van der Waals surface area contributed by atoms with Crippen LogP contribution < -0.4 is 16.4 Å². The summed E-state index contributed by atoms with van der Waals surface area (Å²) in [4.78, 5) is 52.3. The first-order valence-electron chi connectivity index (χ1n) is 12.1. The highest BCUT2D eigenvalue weighted by molar-refractivity contribution is 6.00. The van der Waals surface area contributed by atoms with E-state index in [2.05, 4.69) is 10.6 Å². The van der Waals surface area contributed by atoms with Crippen molar-refractivity contribution in [3.05, 3.63) is 59.2 Å². The Hall–Kier alpha value is -4.06. The van der Waals surface area contributed by atoms with Crippen molar-refractivity contribution < 1.29 is 33.1 Å². The zero-order chi connectivity index (χ0) is 28.1. The van der Waals surface area contributed by atoms with E-state index in [1.807, 2.05) is 6.92 Å². The highest BCUT2D eigenvalue weighted by Gasteiger charge is 2.42. The number of nitrogens with two attached hydrogens (primary N) is 1. The number of hydrogen-bond donors (Lipinski definition) is 4. The second kappa shape index (κ2) is 12.0. The molecule has 12 heteroatoms. The highest BCUT2D eigenvalue weighted by atomic mass is 19.1. The largest absolute Gasteiger partial charge is 0.465 e. The molecule has 0 aromatic heterocycles. The van der Waals surface area contributed by atoms with Gasteiger partial charge >= 0.3 is 6.09 Å². The van der Waals surface area contributed by atoms with Gasteiger partial charge in [-0.15, -0.1) is 0 Å². The summed E-state index contributed by atoms with van der Waals surface area (Å²) in [5.74, 6) is -3.53. The minimum Gasteiger partial charge on any atom is -0.465 e. The number of carbonyl (C=O) groups excluding carboxylic acids is 3. The van der Waals surface area contributed by atoms with E-state index < -0.39 is 53.4 Å². The first-order valence-corrected chi connectivity index (χ1v) is 12.1. The van der Waals surface area contributed by atoms with E-state index in [-0.39, 0.29) is 19.0 Å². The number of para-hydroxylation sites is 1. The standard InChI is InChI=1S/C26H31F2N5O5/c1-4-14(2)21(30-11-17(13-34)32(3)26(37)38)25(36)33-12-15-8-9-16(29)10-18(15)23(33)24(35)31-22-19(27)6-5-7-20(22)28/h5-10,13-14,17,21,23,30H,4,11-12,29H2,1-3H3,(H,31,35)(H,37,38)/t14-,17-,21-,23-/m0/s1. The summed E-state index contributed by atoms with van der Waals surface area (Å²) in [6, 6.07) is 4.83. The normalized spacial score (nSPS) is 16.8. The van der Waals surface area contributed by atoms with Crippen LogP contribution in [0.1, 0.15) is 37.4 Å². The molecule has 0 aliphatic carbocycles. The lowest BCUT2D eigenvalue weighted by atomic mass is 9.96. The van der Waals surface area contributed by atoms with E-state index in [0.717, 1.165) is 17.0 Å². The number of carbonyl (C=O) groups is 4. The second-order valence-electron chi connectivity index (χ2n) is 9.28. The van der Waals surface area contributed by atoms with E-state index in [1.54, 1.807) is 25.1 Å². The molecule has 10 nitrogen and oxygen atoms in total. The van der Waals surface area contributed by atoms with Crippen molar-refractivity contribution >= 4 is 35.6 Å². The van der Waals surface area contributed by atoms with Crippen molar-refractivity contribution in [1.82, 2.24) is 15.1 Å². The van der Waals surface area contributed by atoms with Gasteiger partial charge in [-0.25, -0.2) is 13.6 Å². The van der Waals surface area contributed by atoms with Crippen LogP contribution in [-0.2, 0) is 20.9 Å². The Morgan fingerprint density at radius 2 is 1.89 bits per heavy atom. The van der Waals surface area contributed by atoms with Crippen LogP contribution in [0.15, 0.2) is 36.4 Å². The summed E-state index contributed by atoms with van der Waals surface area (Å²) in [6.45, 7) is 3.56. The number of benzene rings is 2. The Balaban J connectivity index is 1.94. The number of nitrogens with one attached hydrogen (secondary N) is 2. The Morgan fingerprint density at radius 1 is 1.24 bits per heavy atom. The molecule has 0 radical (unpaired) electrons. The van der Waals surface area contributed by atoms with Gasteiger partial charge in [0.05, 0.1) is 6.04 Å². The average Bonchev–Trinajstić information content (AvgIpc) is 3.26. The summed E-state index contributed by atoms with van der Waals surface area (Å²) >= 11 is 0. The lowest BCUT2D eigenvalue weighted by Gasteiger charge is -2.33. The number of rotatable bonds is 10. The molecule has 2 aromatic carbocycles. The number of halogens is 2. The quantitative estimate of drug-likeness (QED) is 0.272. The van der Waals surface area contributed by atoms with E-state index in [4.69, 9.17) is 5.73 Å². The molecule has 38 heavy (non-hydrogen) atoms. The van der Waals surface area contributed by atoms with Crippen LogP contribution in [0.25, 0.3) is 0 Å². The maximum atomic E-state index is 14.3. The molecule has 2 aromatic rings. The average molecular weight is 532 g/mol. The molecule has 1 aliphatic heterocycles. The van der Waals surface area contributed by atoms with Gasteiger partial charge in [0.25, 0.3) is 5.91 Å². The van der Waals surface area contributed by atoms with Gasteiger partial charge < -0.3 is 36.1 Å². The second-order valence-corrected chi connectivity index (χ2v) is 9.28. The number of nitrogen functional groups attached to an aromatic ring is 1. The molecule has 0 fully saturated rings. The first-order chi connectivity index (χ1) is 18.0. The van der Waals surface area contributed by atoms with Crippen LogP contribution in [0.4, 0.5) is 25.0 Å². The number of hydrogen-bond acceptors (Lipinski definition) is 6. The predicted octanol–water partition coefficient (Wildman–Crippen LogP) is 2.75. The Morgan fingerprint density at radius 3 is 2.47 bits per heavy atom. The van der Waals surface area contributed by atoms with E-state index >= 15 is 0 Å². The molecular formula is C26H31F2N5O5. The van der Waals surface area contributed by atoms with Crippen molar-refractivity contribution in [3.8, 4) is 0 Å². The van der Waals surface area contributed by atoms with Gasteiger partial charge in [0.1, 0.15) is 35.7 Å². The first kappa shape index (κ1) is 28.5. The molecular weight excluding hydrogens is 500 g/mol. The number of aldehydes is 1. The molecule has 0 saturated heterocycles. The molecule has 0 saturated carbocycles. The van der Waals surface area contributed by atoms with Crippen molar-refractivity contribution in [1.29, 1.82) is 0 Å². The Kier molecular flexibility index (Phi) is 9.00. The maximum absolute atomic E-state index is 14.3. The summed E-state index contributed by atoms with van der Waals surface area (Å²) in [5.41, 5.74) is 6.71. The number of anilines is 2. The third-order valence-electron chi connectivity index (χ3n) is 6.84. The fourth-order valence-electron chi connectivity index (χ4n) is 4.36. The van der Waals surface area contributed by atoms with Gasteiger partial charge in [0.15, 0.2) is 0 Å². The highest BCUT2D eigenvalue weighted by Crippen LogP contribution is 2.37. The molecule has 1 heterocycles. The maximum Gasteiger partial charge on any atom is 0.407 e. The van der Waals surface area contributed by atoms with Crippen LogP contribution in [0, 0.1) is 17.6 Å². The molecule has 3 rings (SSSR count). The lowest BCUT2D eigenvalue weighted by molar-refractivity contribution is -0.141. The summed E-state index contributed by atoms with van der Waals surface area (Å²) in [5, 5.41) is 14.5. The molecule has 3 amide bonds. The SMILES string of the molecule is CC[C@H](C)[C@H](NC[C@@H](C=O)N(C)C(=O)O)C(=O)N1Cc2ccc(N)cc2[C@H]1C(=O)Nc1c(F)cccc1F. The van der Waals surface area contributed by atoms with Gasteiger partial charge in [0.2, 0.25) is 5.91 Å². The topological polar surface area (TPSA) is 145 Å². The number of carboxylic acid groups (broad SMARTS) is 1. The van der Waals surface area contributed by atoms with Gasteiger partial charge in [0, 0.05) is 25.8 Å². The summed E-state index contributed by atoms with van der Waals surface area (Å²) in [6.07, 6.45) is -0.290. The summed E-state index contributed by atoms with van der Waals surface area (Å²) in [7, 11) is 1.24. The molecule has 0 bridgehead atoms. The van der Waals surface area contributed by atoms with Crippen LogP contribution in [0.2, 0.25) is 0 Å². The number of likely N-dealkylation sites (N-methyl/N-ethyl adjacent to an activating group) is 1. The van der Waals surface area contributed by atoms with Gasteiger partial charge in [-0.1, -0.05) is 32.4 Å². The Labute approximate surface area is 218 Å². The van der Waals surface area contributed by atoms with E-state index in [0.29, 0.717) is 29.5 Å².